The number of hydrogen-bond donors (Lipinski definition) is 1. The zero-order chi connectivity index (χ0) is 16.3. The smallest absolute Gasteiger partial charge is 0.354 e. The molecule has 0 aliphatic carbocycles. The molecule has 22 heavy (non-hydrogen) atoms. The molecule has 0 bridgehead atoms. The highest BCUT2D eigenvalue weighted by atomic mass is 79.9. The minimum Gasteiger partial charge on any atom is -0.490 e. The minimum absolute atomic E-state index is 0.298. The Morgan fingerprint density at radius 2 is 1.86 bits per heavy atom. The van der Waals surface area contributed by atoms with Crippen LogP contribution in [0.1, 0.15) is 26.4 Å². The van der Waals surface area contributed by atoms with Gasteiger partial charge in [0.25, 0.3) is 0 Å². The van der Waals surface area contributed by atoms with Crippen molar-refractivity contribution in [2.75, 3.05) is 26.2 Å². The Bertz CT molecular complexity index is 722. The van der Waals surface area contributed by atoms with Gasteiger partial charge in [0.2, 0.25) is 0 Å². The number of hydrogen-bond acceptors (Lipinski definition) is 5. The lowest BCUT2D eigenvalue weighted by Crippen LogP contribution is -2.06. The molecule has 6 nitrogen and oxygen atoms in total. The Morgan fingerprint density at radius 1 is 1.18 bits per heavy atom. The van der Waals surface area contributed by atoms with Gasteiger partial charge in [-0.3, -0.25) is 0 Å². The number of halogens is 1. The molecule has 1 aromatic carbocycles. The molecule has 0 atom stereocenters. The molecule has 7 heteroatoms. The first-order valence-corrected chi connectivity index (χ1v) is 7.67. The number of H-pyrrole nitrogens is 1. The molecule has 0 saturated heterocycles. The highest BCUT2D eigenvalue weighted by Gasteiger charge is 2.20. The van der Waals surface area contributed by atoms with Gasteiger partial charge in [0.1, 0.15) is 11.4 Å². The summed E-state index contributed by atoms with van der Waals surface area (Å²) < 4.78 is 15.2. The molecule has 2 aromatic rings. The van der Waals surface area contributed by atoms with Crippen LogP contribution in [0.3, 0.4) is 0 Å². The maximum Gasteiger partial charge on any atom is 0.354 e. The predicted octanol–water partition coefficient (Wildman–Crippen LogP) is 2.82. The third kappa shape index (κ3) is 2.94. The van der Waals surface area contributed by atoms with E-state index in [-0.39, 0.29) is 0 Å². The van der Waals surface area contributed by atoms with Crippen LogP contribution in [0, 0.1) is 6.92 Å². The van der Waals surface area contributed by atoms with Gasteiger partial charge in [-0.05, 0) is 24.6 Å². The van der Waals surface area contributed by atoms with E-state index in [1.165, 1.54) is 14.2 Å². The fourth-order valence-corrected chi connectivity index (χ4v) is 2.37. The van der Waals surface area contributed by atoms with Crippen molar-refractivity contribution in [1.82, 2.24) is 4.98 Å². The fraction of sp³-hybridized carbons (Fsp3) is 0.333. The monoisotopic (exact) mass is 369 g/mol. The number of rotatable bonds is 5. The van der Waals surface area contributed by atoms with Crippen LogP contribution in [0.5, 0.6) is 5.75 Å². The normalized spacial score (nSPS) is 10.5. The molecular formula is C15H16BrNO5. The topological polar surface area (TPSA) is 77.6 Å². The quantitative estimate of drug-likeness (QED) is 0.647. The molecule has 0 aliphatic heterocycles. The summed E-state index contributed by atoms with van der Waals surface area (Å²) in [6.07, 6.45) is 0. The molecule has 118 valence electrons. The van der Waals surface area contributed by atoms with Crippen molar-refractivity contribution in [3.63, 3.8) is 0 Å². The first-order chi connectivity index (χ1) is 10.5. The van der Waals surface area contributed by atoms with E-state index in [1.807, 2.05) is 0 Å². The van der Waals surface area contributed by atoms with E-state index in [0.717, 1.165) is 0 Å². The Labute approximate surface area is 135 Å². The van der Waals surface area contributed by atoms with Crippen molar-refractivity contribution < 1.29 is 23.8 Å². The van der Waals surface area contributed by atoms with Crippen molar-refractivity contribution in [3.05, 3.63) is 29.0 Å². The second kappa shape index (κ2) is 6.83. The van der Waals surface area contributed by atoms with Crippen LogP contribution in [0.15, 0.2) is 12.1 Å². The second-order valence-corrected chi connectivity index (χ2v) is 5.33. The van der Waals surface area contributed by atoms with Gasteiger partial charge in [0.15, 0.2) is 0 Å². The number of methoxy groups -OCH3 is 2. The Balaban J connectivity index is 2.67. The van der Waals surface area contributed by atoms with E-state index in [2.05, 4.69) is 20.9 Å². The summed E-state index contributed by atoms with van der Waals surface area (Å²) in [5.74, 6) is -0.457. The molecular weight excluding hydrogens is 354 g/mol. The standard InChI is InChI=1S/C15H16BrNO5/c1-8-9-6-11(15(19)21-3)17-13(9)12(22-5-4-16)7-10(8)14(18)20-2/h6-7,17H,4-5H2,1-3H3. The van der Waals surface area contributed by atoms with Gasteiger partial charge in [-0.15, -0.1) is 0 Å². The number of alkyl halides is 1. The van der Waals surface area contributed by atoms with Crippen LogP contribution in [-0.4, -0.2) is 43.1 Å². The predicted molar refractivity (Wildman–Crippen MR) is 85.0 cm³/mol. The summed E-state index contributed by atoms with van der Waals surface area (Å²) in [5.41, 5.74) is 2.05. The SMILES string of the molecule is COC(=O)c1cc2c(C)c(C(=O)OC)cc(OCCBr)c2[nH]1. The van der Waals surface area contributed by atoms with Crippen LogP contribution in [0.4, 0.5) is 0 Å². The van der Waals surface area contributed by atoms with Crippen LogP contribution in [-0.2, 0) is 9.47 Å². The molecule has 0 unspecified atom stereocenters. The van der Waals surface area contributed by atoms with E-state index in [9.17, 15) is 9.59 Å². The Kier molecular flexibility index (Phi) is 5.07. The number of esters is 2. The molecule has 0 fully saturated rings. The summed E-state index contributed by atoms with van der Waals surface area (Å²) in [5, 5.41) is 1.36. The number of aryl methyl sites for hydroxylation is 1. The number of aromatic amines is 1. The molecule has 1 heterocycles. The van der Waals surface area contributed by atoms with E-state index in [1.54, 1.807) is 19.1 Å². The van der Waals surface area contributed by atoms with E-state index >= 15 is 0 Å². The summed E-state index contributed by atoms with van der Waals surface area (Å²) in [6.45, 7) is 2.21. The van der Waals surface area contributed by atoms with Crippen molar-refractivity contribution in [2.45, 2.75) is 6.92 Å². The third-order valence-electron chi connectivity index (χ3n) is 3.29. The number of nitrogens with one attached hydrogen (secondary N) is 1. The van der Waals surface area contributed by atoms with Gasteiger partial charge < -0.3 is 19.2 Å². The van der Waals surface area contributed by atoms with Gasteiger partial charge >= 0.3 is 11.9 Å². The van der Waals surface area contributed by atoms with Gasteiger partial charge in [-0.1, -0.05) is 15.9 Å². The van der Waals surface area contributed by atoms with Crippen molar-refractivity contribution in [2.24, 2.45) is 0 Å². The lowest BCUT2D eigenvalue weighted by atomic mass is 10.0. The van der Waals surface area contributed by atoms with Crippen LogP contribution >= 0.6 is 15.9 Å². The maximum atomic E-state index is 11.9. The molecule has 1 aromatic heterocycles. The average molecular weight is 370 g/mol. The van der Waals surface area contributed by atoms with Crippen molar-refractivity contribution >= 4 is 38.8 Å². The average Bonchev–Trinajstić information content (AvgIpc) is 2.98. The number of benzene rings is 1. The van der Waals surface area contributed by atoms with E-state index in [4.69, 9.17) is 14.2 Å². The summed E-state index contributed by atoms with van der Waals surface area (Å²) >= 11 is 3.29. The van der Waals surface area contributed by atoms with Gasteiger partial charge in [0, 0.05) is 10.7 Å². The number of ether oxygens (including phenoxy) is 3. The highest BCUT2D eigenvalue weighted by Crippen LogP contribution is 2.32. The first kappa shape index (κ1) is 16.4. The van der Waals surface area contributed by atoms with Crippen molar-refractivity contribution in [3.8, 4) is 5.75 Å². The number of aromatic nitrogens is 1. The maximum absolute atomic E-state index is 11.9. The largest absolute Gasteiger partial charge is 0.490 e. The van der Waals surface area contributed by atoms with E-state index in [0.29, 0.717) is 45.4 Å². The number of fused-ring (bicyclic) bond motifs is 1. The molecule has 0 aliphatic rings. The van der Waals surface area contributed by atoms with Crippen LogP contribution < -0.4 is 4.74 Å². The molecule has 0 amide bonds. The summed E-state index contributed by atoms with van der Waals surface area (Å²) in [4.78, 5) is 26.6. The van der Waals surface area contributed by atoms with Crippen LogP contribution in [0.2, 0.25) is 0 Å². The summed E-state index contributed by atoms with van der Waals surface area (Å²) in [7, 11) is 2.63. The molecule has 2 rings (SSSR count). The zero-order valence-electron chi connectivity index (χ0n) is 12.5. The second-order valence-electron chi connectivity index (χ2n) is 4.54. The first-order valence-electron chi connectivity index (χ1n) is 6.55. The number of carbonyl (C=O) groups is 2. The summed E-state index contributed by atoms with van der Waals surface area (Å²) in [6, 6.07) is 3.26. The zero-order valence-corrected chi connectivity index (χ0v) is 14.1. The van der Waals surface area contributed by atoms with E-state index < -0.39 is 11.9 Å². The minimum atomic E-state index is -0.485. The molecule has 0 radical (unpaired) electrons. The highest BCUT2D eigenvalue weighted by molar-refractivity contribution is 9.09. The van der Waals surface area contributed by atoms with Crippen LogP contribution in [0.25, 0.3) is 10.9 Å². The molecule has 1 N–H and O–H groups in total. The Hall–Kier alpha value is -2.02. The number of carbonyl (C=O) groups excluding carboxylic acids is 2. The van der Waals surface area contributed by atoms with Crippen molar-refractivity contribution in [1.29, 1.82) is 0 Å². The molecule has 0 spiro atoms. The van der Waals surface area contributed by atoms with Gasteiger partial charge in [-0.25, -0.2) is 9.59 Å². The van der Waals surface area contributed by atoms with Gasteiger partial charge in [-0.2, -0.15) is 0 Å². The fourth-order valence-electron chi connectivity index (χ4n) is 2.21. The third-order valence-corrected chi connectivity index (χ3v) is 3.62. The lowest BCUT2D eigenvalue weighted by molar-refractivity contribution is 0.0588. The van der Waals surface area contributed by atoms with Gasteiger partial charge in [0.05, 0.1) is 31.9 Å². The lowest BCUT2D eigenvalue weighted by Gasteiger charge is -2.11. The molecule has 0 saturated carbocycles. The Morgan fingerprint density at radius 3 is 2.45 bits per heavy atom.